The number of hydrogen-bond acceptors (Lipinski definition) is 2. The first-order chi connectivity index (χ1) is 14.8. The minimum absolute atomic E-state index is 0.156. The Hall–Kier alpha value is -2.01. The van der Waals surface area contributed by atoms with Crippen molar-refractivity contribution in [2.24, 2.45) is 5.92 Å². The molecule has 0 saturated heterocycles. The van der Waals surface area contributed by atoms with Crippen molar-refractivity contribution in [2.45, 2.75) is 45.6 Å². The molecular weight excluding hydrogens is 453 g/mol. The monoisotopic (exact) mass is 475 g/mol. The molecule has 0 unspecified atom stereocenters. The van der Waals surface area contributed by atoms with Gasteiger partial charge in [0.2, 0.25) is 0 Å². The fourth-order valence-electron chi connectivity index (χ4n) is 4.13. The van der Waals surface area contributed by atoms with Gasteiger partial charge < -0.3 is 5.32 Å². The van der Waals surface area contributed by atoms with E-state index in [-0.39, 0.29) is 11.9 Å². The van der Waals surface area contributed by atoms with Crippen LogP contribution >= 0.6 is 34.8 Å². The summed E-state index contributed by atoms with van der Waals surface area (Å²) < 4.78 is 1.93. The first kappa shape index (κ1) is 22.2. The van der Waals surface area contributed by atoms with Crippen molar-refractivity contribution in [1.82, 2.24) is 14.9 Å². The number of benzene rings is 2. The average Bonchev–Trinajstić information content (AvgIpc) is 3.07. The van der Waals surface area contributed by atoms with Crippen LogP contribution in [0.5, 0.6) is 0 Å². The number of amides is 1. The minimum Gasteiger partial charge on any atom is -0.348 e. The summed E-state index contributed by atoms with van der Waals surface area (Å²) in [6.07, 6.45) is 4.27. The second kappa shape index (κ2) is 9.23. The second-order valence-electron chi connectivity index (χ2n) is 8.24. The summed E-state index contributed by atoms with van der Waals surface area (Å²) in [5, 5.41) is 4.83. The Balaban J connectivity index is 1.76. The third-order valence-corrected chi connectivity index (χ3v) is 6.73. The van der Waals surface area contributed by atoms with Gasteiger partial charge in [0.05, 0.1) is 10.7 Å². The second-order valence-corrected chi connectivity index (χ2v) is 9.52. The normalized spacial score (nSPS) is 18.7. The summed E-state index contributed by atoms with van der Waals surface area (Å²) >= 11 is 18.7. The molecule has 1 heterocycles. The van der Waals surface area contributed by atoms with Gasteiger partial charge in [0.1, 0.15) is 11.5 Å². The summed E-state index contributed by atoms with van der Waals surface area (Å²) in [5.41, 5.74) is 2.69. The molecule has 1 aromatic heterocycles. The van der Waals surface area contributed by atoms with Crippen molar-refractivity contribution in [3.05, 3.63) is 68.9 Å². The third-order valence-electron chi connectivity index (χ3n) is 5.93. The highest BCUT2D eigenvalue weighted by Gasteiger charge is 2.26. The smallest absolute Gasteiger partial charge is 0.272 e. The van der Waals surface area contributed by atoms with Crippen LogP contribution in [0.15, 0.2) is 42.5 Å². The van der Waals surface area contributed by atoms with E-state index < -0.39 is 0 Å². The summed E-state index contributed by atoms with van der Waals surface area (Å²) in [6, 6.07) is 12.9. The Morgan fingerprint density at radius 2 is 1.65 bits per heavy atom. The van der Waals surface area contributed by atoms with Crippen LogP contribution in [0.25, 0.3) is 17.1 Å². The molecule has 1 N–H and O–H groups in total. The maximum Gasteiger partial charge on any atom is 0.272 e. The van der Waals surface area contributed by atoms with Gasteiger partial charge in [0, 0.05) is 27.3 Å². The van der Waals surface area contributed by atoms with Crippen LogP contribution in [0, 0.1) is 12.8 Å². The summed E-state index contributed by atoms with van der Waals surface area (Å²) in [4.78, 5) is 17.9. The zero-order chi connectivity index (χ0) is 22.1. The predicted octanol–water partition coefficient (Wildman–Crippen LogP) is 7.12. The van der Waals surface area contributed by atoms with Crippen LogP contribution < -0.4 is 5.32 Å². The van der Waals surface area contributed by atoms with E-state index in [0.717, 1.165) is 43.0 Å². The lowest BCUT2D eigenvalue weighted by Gasteiger charge is -2.26. The summed E-state index contributed by atoms with van der Waals surface area (Å²) in [6.45, 7) is 4.16. The van der Waals surface area contributed by atoms with E-state index in [1.165, 1.54) is 0 Å². The van der Waals surface area contributed by atoms with Crippen LogP contribution in [0.2, 0.25) is 15.1 Å². The first-order valence-electron chi connectivity index (χ1n) is 10.4. The number of imidazole rings is 1. The number of aromatic nitrogens is 2. The number of carbonyl (C=O) groups is 1. The van der Waals surface area contributed by atoms with E-state index in [1.54, 1.807) is 12.1 Å². The summed E-state index contributed by atoms with van der Waals surface area (Å²) in [5.74, 6) is 1.15. The minimum atomic E-state index is -0.156. The van der Waals surface area contributed by atoms with Gasteiger partial charge in [0.15, 0.2) is 0 Å². The fraction of sp³-hybridized carbons (Fsp3) is 0.333. The number of rotatable bonds is 4. The van der Waals surface area contributed by atoms with Crippen molar-refractivity contribution in [3.8, 4) is 17.1 Å². The molecule has 1 fully saturated rings. The zero-order valence-electron chi connectivity index (χ0n) is 17.5. The molecule has 4 nitrogen and oxygen atoms in total. The molecule has 1 saturated carbocycles. The molecule has 3 aromatic rings. The van der Waals surface area contributed by atoms with Crippen LogP contribution in [-0.2, 0) is 0 Å². The molecule has 0 bridgehead atoms. The van der Waals surface area contributed by atoms with E-state index in [4.69, 9.17) is 39.8 Å². The molecule has 1 aliphatic rings. The Morgan fingerprint density at radius 3 is 2.29 bits per heavy atom. The largest absolute Gasteiger partial charge is 0.348 e. The van der Waals surface area contributed by atoms with Crippen molar-refractivity contribution in [1.29, 1.82) is 0 Å². The highest BCUT2D eigenvalue weighted by molar-refractivity contribution is 6.36. The molecule has 7 heteroatoms. The number of hydrogen-bond donors (Lipinski definition) is 1. The Morgan fingerprint density at radius 1 is 1.00 bits per heavy atom. The van der Waals surface area contributed by atoms with Crippen LogP contribution in [0.3, 0.4) is 0 Å². The maximum absolute atomic E-state index is 13.2. The molecule has 1 aliphatic carbocycles. The summed E-state index contributed by atoms with van der Waals surface area (Å²) in [7, 11) is 0. The molecule has 162 valence electrons. The van der Waals surface area contributed by atoms with Crippen molar-refractivity contribution in [3.63, 3.8) is 0 Å². The average molecular weight is 477 g/mol. The Labute approximate surface area is 197 Å². The third kappa shape index (κ3) is 4.77. The van der Waals surface area contributed by atoms with Gasteiger partial charge in [0.25, 0.3) is 5.91 Å². The molecule has 0 aliphatic heterocycles. The van der Waals surface area contributed by atoms with Gasteiger partial charge in [-0.3, -0.25) is 9.36 Å². The predicted molar refractivity (Wildman–Crippen MR) is 128 cm³/mol. The topological polar surface area (TPSA) is 46.9 Å². The van der Waals surface area contributed by atoms with Gasteiger partial charge in [-0.05, 0) is 81.0 Å². The standard InChI is InChI=1S/C24H24Cl3N3O/c1-14-3-8-18(9-4-14)28-24(31)22-15(2)30(19-10-5-16(25)6-11-19)23(29-22)20-12-7-17(26)13-21(20)27/h5-7,10-14,18H,3-4,8-9H2,1-2H3,(H,28,31). The number of nitrogens with one attached hydrogen (secondary N) is 1. The lowest BCUT2D eigenvalue weighted by Crippen LogP contribution is -2.37. The van der Waals surface area contributed by atoms with E-state index >= 15 is 0 Å². The SMILES string of the molecule is Cc1c(C(=O)NC2CCC(C)CC2)nc(-c2ccc(Cl)cc2Cl)n1-c1ccc(Cl)cc1. The van der Waals surface area contributed by atoms with Crippen LogP contribution in [0.4, 0.5) is 0 Å². The van der Waals surface area contributed by atoms with E-state index in [2.05, 4.69) is 12.2 Å². The quantitative estimate of drug-likeness (QED) is 0.436. The lowest BCUT2D eigenvalue weighted by atomic mass is 9.87. The molecule has 4 rings (SSSR count). The molecule has 0 radical (unpaired) electrons. The van der Waals surface area contributed by atoms with E-state index in [9.17, 15) is 4.79 Å². The first-order valence-corrected chi connectivity index (χ1v) is 11.6. The van der Waals surface area contributed by atoms with Crippen LogP contribution in [-0.4, -0.2) is 21.5 Å². The van der Waals surface area contributed by atoms with Gasteiger partial charge in [-0.25, -0.2) is 4.98 Å². The molecule has 2 aromatic carbocycles. The van der Waals surface area contributed by atoms with Crippen LogP contribution in [0.1, 0.15) is 48.8 Å². The molecule has 31 heavy (non-hydrogen) atoms. The number of halogens is 3. The maximum atomic E-state index is 13.2. The molecule has 1 amide bonds. The van der Waals surface area contributed by atoms with Gasteiger partial charge in [-0.15, -0.1) is 0 Å². The number of carbonyl (C=O) groups excluding carboxylic acids is 1. The Kier molecular flexibility index (Phi) is 6.61. The molecular formula is C24H24Cl3N3O. The highest BCUT2D eigenvalue weighted by atomic mass is 35.5. The molecule has 0 spiro atoms. The van der Waals surface area contributed by atoms with E-state index in [1.807, 2.05) is 41.8 Å². The van der Waals surface area contributed by atoms with Gasteiger partial charge in [-0.2, -0.15) is 0 Å². The highest BCUT2D eigenvalue weighted by Crippen LogP contribution is 2.33. The van der Waals surface area contributed by atoms with Crippen molar-refractivity contribution in [2.75, 3.05) is 0 Å². The van der Waals surface area contributed by atoms with Gasteiger partial charge >= 0.3 is 0 Å². The van der Waals surface area contributed by atoms with Crippen molar-refractivity contribution < 1.29 is 4.79 Å². The number of nitrogens with zero attached hydrogens (tertiary/aromatic N) is 2. The Bertz CT molecular complexity index is 1100. The zero-order valence-corrected chi connectivity index (χ0v) is 19.7. The fourth-order valence-corrected chi connectivity index (χ4v) is 4.75. The van der Waals surface area contributed by atoms with E-state index in [0.29, 0.717) is 32.1 Å². The van der Waals surface area contributed by atoms with Gasteiger partial charge in [-0.1, -0.05) is 41.7 Å². The van der Waals surface area contributed by atoms with Crippen molar-refractivity contribution >= 4 is 40.7 Å². The molecule has 0 atom stereocenters. The lowest BCUT2D eigenvalue weighted by molar-refractivity contribution is 0.0917.